The fourth-order valence-electron chi connectivity index (χ4n) is 9.90. The predicted octanol–water partition coefficient (Wildman–Crippen LogP) is 18.6. The van der Waals surface area contributed by atoms with Gasteiger partial charge in [0, 0.05) is 25.7 Å². The summed E-state index contributed by atoms with van der Waals surface area (Å²) in [4.78, 5) is 72.1. The average Bonchev–Trinajstić information content (AvgIpc) is 3.53. The number of ether oxygens (including phenoxy) is 4. The Kier molecular flexibility index (Phi) is 58.3. The SMILES string of the molecule is CCCCCCCCCCCCCCCCCCCC(=O)O[C@H](COC(=O)CCCCCCCCCCCCC(C)CC)COP(=O)(O)OC[C@@H](O)COP(=O)(O)OC[C@@H](COC(=O)CCCCCCCCC)OC(=O)CCCCCCCCC. The summed E-state index contributed by atoms with van der Waals surface area (Å²) in [5.41, 5.74) is 0. The van der Waals surface area contributed by atoms with E-state index in [4.69, 9.17) is 37.0 Å². The highest BCUT2D eigenvalue weighted by atomic mass is 31.2. The van der Waals surface area contributed by atoms with E-state index >= 15 is 0 Å². The normalized spacial score (nSPS) is 14.5. The van der Waals surface area contributed by atoms with Gasteiger partial charge in [0.1, 0.15) is 19.3 Å². The molecular weight excluding hydrogens is 1130 g/mol. The van der Waals surface area contributed by atoms with Crippen LogP contribution in [0.4, 0.5) is 0 Å². The number of carbonyl (C=O) groups is 4. The molecule has 3 N–H and O–H groups in total. The molecule has 504 valence electrons. The molecule has 0 rings (SSSR count). The maximum Gasteiger partial charge on any atom is 0.472 e. The van der Waals surface area contributed by atoms with Crippen molar-refractivity contribution in [2.75, 3.05) is 39.6 Å². The van der Waals surface area contributed by atoms with Gasteiger partial charge >= 0.3 is 39.5 Å². The van der Waals surface area contributed by atoms with E-state index in [2.05, 4.69) is 34.6 Å². The van der Waals surface area contributed by atoms with Crippen LogP contribution in [0.2, 0.25) is 0 Å². The summed E-state index contributed by atoms with van der Waals surface area (Å²) in [6.07, 6.45) is 44.7. The van der Waals surface area contributed by atoms with Gasteiger partial charge in [0.25, 0.3) is 0 Å². The van der Waals surface area contributed by atoms with Crippen molar-refractivity contribution < 1.29 is 80.2 Å². The summed E-state index contributed by atoms with van der Waals surface area (Å²) in [7, 11) is -9.88. The minimum atomic E-state index is -4.95. The van der Waals surface area contributed by atoms with Crippen molar-refractivity contribution in [3.63, 3.8) is 0 Å². The molecule has 19 heteroatoms. The summed E-state index contributed by atoms with van der Waals surface area (Å²) < 4.78 is 67.9. The van der Waals surface area contributed by atoms with Crippen LogP contribution in [-0.2, 0) is 65.4 Å². The smallest absolute Gasteiger partial charge is 0.462 e. The number of carbonyl (C=O) groups excluding carboxylic acids is 4. The molecule has 85 heavy (non-hydrogen) atoms. The third kappa shape index (κ3) is 59.5. The lowest BCUT2D eigenvalue weighted by atomic mass is 9.99. The molecule has 0 aromatic heterocycles. The van der Waals surface area contributed by atoms with Crippen LogP contribution in [0.3, 0.4) is 0 Å². The molecule has 0 heterocycles. The monoisotopic (exact) mass is 1250 g/mol. The molecule has 0 bridgehead atoms. The van der Waals surface area contributed by atoms with E-state index in [0.29, 0.717) is 25.7 Å². The van der Waals surface area contributed by atoms with Crippen LogP contribution in [0, 0.1) is 5.92 Å². The first kappa shape index (κ1) is 83.1. The maximum absolute atomic E-state index is 13.0. The highest BCUT2D eigenvalue weighted by Gasteiger charge is 2.30. The number of aliphatic hydroxyl groups is 1. The van der Waals surface area contributed by atoms with E-state index < -0.39 is 97.5 Å². The fourth-order valence-corrected chi connectivity index (χ4v) is 11.5. The van der Waals surface area contributed by atoms with Gasteiger partial charge in [0.2, 0.25) is 0 Å². The lowest BCUT2D eigenvalue weighted by Crippen LogP contribution is -2.30. The molecule has 3 unspecified atom stereocenters. The van der Waals surface area contributed by atoms with Gasteiger partial charge in [-0.15, -0.1) is 0 Å². The van der Waals surface area contributed by atoms with Crippen LogP contribution in [-0.4, -0.2) is 96.7 Å². The second-order valence-corrected chi connectivity index (χ2v) is 27.0. The lowest BCUT2D eigenvalue weighted by Gasteiger charge is -2.21. The van der Waals surface area contributed by atoms with Crippen LogP contribution in [0.25, 0.3) is 0 Å². The van der Waals surface area contributed by atoms with E-state index in [1.54, 1.807) is 0 Å². The Labute approximate surface area is 517 Å². The molecule has 0 spiro atoms. The van der Waals surface area contributed by atoms with Crippen molar-refractivity contribution in [1.29, 1.82) is 0 Å². The van der Waals surface area contributed by atoms with Crippen molar-refractivity contribution in [2.24, 2.45) is 5.92 Å². The van der Waals surface area contributed by atoms with Crippen LogP contribution >= 0.6 is 15.6 Å². The quantitative estimate of drug-likeness (QED) is 0.0222. The minimum absolute atomic E-state index is 0.103. The molecule has 0 aromatic carbocycles. The Morgan fingerprint density at radius 1 is 0.329 bits per heavy atom. The van der Waals surface area contributed by atoms with Crippen LogP contribution in [0.1, 0.15) is 336 Å². The first-order chi connectivity index (χ1) is 41.1. The molecule has 0 amide bonds. The zero-order chi connectivity index (χ0) is 62.8. The van der Waals surface area contributed by atoms with E-state index in [9.17, 15) is 43.2 Å². The maximum atomic E-state index is 13.0. The zero-order valence-corrected chi connectivity index (χ0v) is 56.5. The Balaban J connectivity index is 5.17. The second kappa shape index (κ2) is 59.7. The third-order valence-corrected chi connectivity index (χ3v) is 17.5. The second-order valence-electron chi connectivity index (χ2n) is 24.1. The van der Waals surface area contributed by atoms with Crippen molar-refractivity contribution in [3.8, 4) is 0 Å². The van der Waals surface area contributed by atoms with E-state index in [1.165, 1.54) is 135 Å². The molecule has 0 saturated carbocycles. The zero-order valence-electron chi connectivity index (χ0n) is 54.7. The number of aliphatic hydroxyl groups excluding tert-OH is 1. The Hall–Kier alpha value is -1.94. The first-order valence-corrected chi connectivity index (χ1v) is 37.7. The third-order valence-electron chi connectivity index (χ3n) is 15.6. The molecular formula is C66H128O17P2. The molecule has 0 fully saturated rings. The van der Waals surface area contributed by atoms with E-state index in [1.807, 2.05) is 0 Å². The summed E-state index contributed by atoms with van der Waals surface area (Å²) in [5.74, 6) is -1.33. The van der Waals surface area contributed by atoms with Crippen molar-refractivity contribution in [2.45, 2.75) is 355 Å². The van der Waals surface area contributed by atoms with Crippen LogP contribution in [0.15, 0.2) is 0 Å². The number of phosphoric acid groups is 2. The van der Waals surface area contributed by atoms with Gasteiger partial charge in [0.15, 0.2) is 12.2 Å². The van der Waals surface area contributed by atoms with Crippen molar-refractivity contribution >= 4 is 39.5 Å². The molecule has 0 aliphatic heterocycles. The number of phosphoric ester groups is 2. The first-order valence-electron chi connectivity index (χ1n) is 34.7. The highest BCUT2D eigenvalue weighted by molar-refractivity contribution is 7.47. The summed E-state index contributed by atoms with van der Waals surface area (Å²) >= 11 is 0. The number of rotatable bonds is 66. The Morgan fingerprint density at radius 2 is 0.565 bits per heavy atom. The standard InChI is InChI=1S/C66H128O17P2/c1-6-10-13-16-19-20-21-22-23-24-25-26-27-32-37-42-47-52-66(71)83-62(56-77-64(69)50-45-40-36-31-29-28-30-35-38-43-48-59(5)9-4)58-81-85(74,75)79-54-60(67)53-78-84(72,73)80-57-61(82-65(70)51-46-41-34-18-15-12-8-3)55-76-63(68)49-44-39-33-17-14-11-7-2/h59-62,67H,6-58H2,1-5H3,(H,72,73)(H,74,75)/t59?,60-,61+,62+/m0/s1. The minimum Gasteiger partial charge on any atom is -0.462 e. The highest BCUT2D eigenvalue weighted by Crippen LogP contribution is 2.45. The summed E-state index contributed by atoms with van der Waals surface area (Å²) in [5, 5.41) is 10.5. The van der Waals surface area contributed by atoms with Gasteiger partial charge < -0.3 is 33.8 Å². The van der Waals surface area contributed by atoms with Gasteiger partial charge in [-0.2, -0.15) is 0 Å². The molecule has 0 aromatic rings. The van der Waals surface area contributed by atoms with Crippen molar-refractivity contribution in [3.05, 3.63) is 0 Å². The van der Waals surface area contributed by atoms with Gasteiger partial charge in [-0.1, -0.05) is 285 Å². The molecule has 0 saturated heterocycles. The topological polar surface area (TPSA) is 237 Å². The molecule has 0 radical (unpaired) electrons. The van der Waals surface area contributed by atoms with E-state index in [0.717, 1.165) is 121 Å². The van der Waals surface area contributed by atoms with Gasteiger partial charge in [-0.3, -0.25) is 37.3 Å². The van der Waals surface area contributed by atoms with Gasteiger partial charge in [-0.25, -0.2) is 9.13 Å². The Bertz CT molecular complexity index is 1650. The van der Waals surface area contributed by atoms with Crippen LogP contribution < -0.4 is 0 Å². The Morgan fingerprint density at radius 3 is 0.835 bits per heavy atom. The largest absolute Gasteiger partial charge is 0.472 e. The van der Waals surface area contributed by atoms with Gasteiger partial charge in [-0.05, 0) is 31.6 Å². The van der Waals surface area contributed by atoms with E-state index in [-0.39, 0.29) is 25.7 Å². The number of esters is 4. The average molecular weight is 1260 g/mol. The summed E-state index contributed by atoms with van der Waals surface area (Å²) in [6, 6.07) is 0. The fraction of sp³-hybridized carbons (Fsp3) is 0.939. The number of hydrogen-bond donors (Lipinski definition) is 3. The van der Waals surface area contributed by atoms with Crippen molar-refractivity contribution in [1.82, 2.24) is 0 Å². The lowest BCUT2D eigenvalue weighted by molar-refractivity contribution is -0.161. The molecule has 0 aliphatic rings. The molecule has 6 atom stereocenters. The van der Waals surface area contributed by atoms with Gasteiger partial charge in [0.05, 0.1) is 26.4 Å². The summed E-state index contributed by atoms with van der Waals surface area (Å²) in [6.45, 7) is 7.16. The van der Waals surface area contributed by atoms with Crippen LogP contribution in [0.5, 0.6) is 0 Å². The number of hydrogen-bond acceptors (Lipinski definition) is 15. The number of unbranched alkanes of at least 4 members (excludes halogenated alkanes) is 37. The molecule has 17 nitrogen and oxygen atoms in total. The molecule has 0 aliphatic carbocycles. The predicted molar refractivity (Wildman–Crippen MR) is 340 cm³/mol.